The van der Waals surface area contributed by atoms with Crippen molar-refractivity contribution in [2.24, 2.45) is 0 Å². The maximum Gasteiger partial charge on any atom is 0.254 e. The van der Waals surface area contributed by atoms with Crippen LogP contribution in [-0.2, 0) is 13.0 Å². The number of hydrogen-bond acceptors (Lipinski definition) is 1. The third-order valence-electron chi connectivity index (χ3n) is 3.83. The van der Waals surface area contributed by atoms with Gasteiger partial charge in [0.15, 0.2) is 0 Å². The molecule has 0 aliphatic carbocycles. The van der Waals surface area contributed by atoms with E-state index in [1.807, 2.05) is 12.4 Å². The van der Waals surface area contributed by atoms with Gasteiger partial charge in [-0.25, -0.2) is 9.55 Å². The molecule has 1 heterocycles. The first kappa shape index (κ1) is 16.8. The summed E-state index contributed by atoms with van der Waals surface area (Å²) in [5.41, 5.74) is 0. The molecule has 1 aromatic heterocycles. The molecule has 1 rings (SSSR count). The summed E-state index contributed by atoms with van der Waals surface area (Å²) < 4.78 is 2.17. The first-order chi connectivity index (χ1) is 9.88. The molecule has 1 aromatic rings. The predicted molar refractivity (Wildman–Crippen MR) is 82.1 cm³/mol. The molecule has 0 aliphatic rings. The minimum Gasteiger partial charge on any atom is -0.248 e. The Morgan fingerprint density at radius 1 is 1.05 bits per heavy atom. The molecular formula is C17H30N3+. The molecule has 0 saturated carbocycles. The number of unbranched alkanes of at least 4 members (excludes halogenated alkanes) is 8. The van der Waals surface area contributed by atoms with E-state index in [1.165, 1.54) is 63.6 Å². The molecule has 0 aromatic carbocycles. The van der Waals surface area contributed by atoms with Gasteiger partial charge < -0.3 is 0 Å². The molecule has 1 N–H and O–H groups in total. The highest BCUT2D eigenvalue weighted by Gasteiger charge is 2.09. The van der Waals surface area contributed by atoms with Crippen LogP contribution in [0.25, 0.3) is 0 Å². The molecule has 0 amide bonds. The number of nitrogens with one attached hydrogen (secondary N) is 1. The third kappa shape index (κ3) is 7.33. The quantitative estimate of drug-likeness (QED) is 0.449. The summed E-state index contributed by atoms with van der Waals surface area (Å²) >= 11 is 0. The van der Waals surface area contributed by atoms with Crippen LogP contribution in [0.3, 0.4) is 0 Å². The Hall–Kier alpha value is -1.30. The fraction of sp³-hybridized carbons (Fsp3) is 0.765. The van der Waals surface area contributed by atoms with Crippen molar-refractivity contribution in [3.8, 4) is 6.07 Å². The molecule has 0 fully saturated rings. The lowest BCUT2D eigenvalue weighted by atomic mass is 10.1. The van der Waals surface area contributed by atoms with E-state index in [9.17, 15) is 0 Å². The Morgan fingerprint density at radius 2 is 1.70 bits per heavy atom. The zero-order chi connectivity index (χ0) is 14.5. The smallest absolute Gasteiger partial charge is 0.248 e. The Balaban J connectivity index is 2.01. The number of hydrogen-bond donors (Lipinski definition) is 1. The summed E-state index contributed by atoms with van der Waals surface area (Å²) in [6, 6.07) is 2.20. The lowest BCUT2D eigenvalue weighted by Gasteiger charge is -2.01. The molecule has 0 spiro atoms. The van der Waals surface area contributed by atoms with Gasteiger partial charge in [-0.3, -0.25) is 0 Å². The van der Waals surface area contributed by atoms with E-state index in [-0.39, 0.29) is 0 Å². The van der Waals surface area contributed by atoms with Gasteiger partial charge in [-0.2, -0.15) is 5.26 Å². The van der Waals surface area contributed by atoms with Gasteiger partial charge in [0.25, 0.3) is 5.82 Å². The molecule has 20 heavy (non-hydrogen) atoms. The molecule has 0 atom stereocenters. The van der Waals surface area contributed by atoms with Crippen molar-refractivity contribution in [3.05, 3.63) is 18.2 Å². The summed E-state index contributed by atoms with van der Waals surface area (Å²) in [6.07, 6.45) is 18.0. The standard InChI is InChI=1S/C17H29N3/c1-2-3-4-5-6-7-8-9-10-12-17-19-14-16-20(17)15-11-13-18/h14,16H,2-12,15H2,1H3/p+1. The Labute approximate surface area is 124 Å². The first-order valence-electron chi connectivity index (χ1n) is 8.31. The van der Waals surface area contributed by atoms with E-state index >= 15 is 0 Å². The summed E-state index contributed by atoms with van der Waals surface area (Å²) in [6.45, 7) is 3.08. The largest absolute Gasteiger partial charge is 0.254 e. The van der Waals surface area contributed by atoms with E-state index in [1.54, 1.807) is 0 Å². The average Bonchev–Trinajstić information content (AvgIpc) is 2.91. The van der Waals surface area contributed by atoms with Crippen molar-refractivity contribution >= 4 is 0 Å². The van der Waals surface area contributed by atoms with Crippen LogP contribution in [0.1, 0.15) is 77.0 Å². The molecule has 112 valence electrons. The zero-order valence-electron chi connectivity index (χ0n) is 13.0. The molecule has 0 saturated heterocycles. The lowest BCUT2D eigenvalue weighted by Crippen LogP contribution is -2.35. The van der Waals surface area contributed by atoms with Crippen LogP contribution in [0.15, 0.2) is 12.4 Å². The van der Waals surface area contributed by atoms with E-state index in [4.69, 9.17) is 5.26 Å². The maximum absolute atomic E-state index is 8.63. The van der Waals surface area contributed by atoms with Crippen LogP contribution in [0.4, 0.5) is 0 Å². The molecule has 0 radical (unpaired) electrons. The highest BCUT2D eigenvalue weighted by molar-refractivity contribution is 4.78. The molecule has 0 bridgehead atoms. The molecule has 3 nitrogen and oxygen atoms in total. The maximum atomic E-state index is 8.63. The minimum absolute atomic E-state index is 0.591. The molecule has 0 aliphatic heterocycles. The lowest BCUT2D eigenvalue weighted by molar-refractivity contribution is -0.701. The average molecular weight is 276 g/mol. The van der Waals surface area contributed by atoms with Gasteiger partial charge in [-0.1, -0.05) is 58.3 Å². The number of imidazole rings is 1. The highest BCUT2D eigenvalue weighted by Crippen LogP contribution is 2.10. The van der Waals surface area contributed by atoms with Crippen LogP contribution in [0, 0.1) is 11.3 Å². The fourth-order valence-electron chi connectivity index (χ4n) is 2.60. The van der Waals surface area contributed by atoms with Crippen molar-refractivity contribution in [1.29, 1.82) is 5.26 Å². The second-order valence-electron chi connectivity index (χ2n) is 5.59. The van der Waals surface area contributed by atoms with Gasteiger partial charge in [-0.15, -0.1) is 0 Å². The van der Waals surface area contributed by atoms with Crippen molar-refractivity contribution in [1.82, 2.24) is 4.98 Å². The van der Waals surface area contributed by atoms with Crippen LogP contribution in [-0.4, -0.2) is 4.98 Å². The fourth-order valence-corrected chi connectivity index (χ4v) is 2.60. The summed E-state index contributed by atoms with van der Waals surface area (Å²) in [7, 11) is 0. The predicted octanol–water partition coefficient (Wildman–Crippen LogP) is 4.29. The van der Waals surface area contributed by atoms with Gasteiger partial charge in [0.1, 0.15) is 18.9 Å². The monoisotopic (exact) mass is 276 g/mol. The second-order valence-corrected chi connectivity index (χ2v) is 5.59. The Kier molecular flexibility index (Phi) is 9.65. The SMILES string of the molecule is CCCCCCCCCCCc1[nH]cc[n+]1CCC#N. The van der Waals surface area contributed by atoms with Crippen LogP contribution >= 0.6 is 0 Å². The van der Waals surface area contributed by atoms with Crippen molar-refractivity contribution in [3.63, 3.8) is 0 Å². The molecule has 3 heteroatoms. The number of rotatable bonds is 12. The van der Waals surface area contributed by atoms with E-state index in [0.717, 1.165) is 13.0 Å². The van der Waals surface area contributed by atoms with Crippen molar-refractivity contribution in [2.45, 2.75) is 84.1 Å². The number of nitrogens with zero attached hydrogens (tertiary/aromatic N) is 2. The number of aromatic nitrogens is 2. The molecular weight excluding hydrogens is 246 g/mol. The van der Waals surface area contributed by atoms with Gasteiger partial charge >= 0.3 is 0 Å². The number of aromatic amines is 1. The van der Waals surface area contributed by atoms with Gasteiger partial charge in [0.05, 0.1) is 12.5 Å². The normalized spacial score (nSPS) is 10.6. The number of nitriles is 1. The first-order valence-corrected chi connectivity index (χ1v) is 8.31. The number of H-pyrrole nitrogens is 1. The summed E-state index contributed by atoms with van der Waals surface area (Å²) in [4.78, 5) is 3.29. The topological polar surface area (TPSA) is 43.5 Å². The van der Waals surface area contributed by atoms with E-state index in [0.29, 0.717) is 6.42 Å². The van der Waals surface area contributed by atoms with Gasteiger partial charge in [-0.05, 0) is 6.42 Å². The van der Waals surface area contributed by atoms with Gasteiger partial charge in [0.2, 0.25) is 0 Å². The van der Waals surface area contributed by atoms with Crippen molar-refractivity contribution in [2.75, 3.05) is 0 Å². The summed E-state index contributed by atoms with van der Waals surface area (Å²) in [5.74, 6) is 1.27. The van der Waals surface area contributed by atoms with Gasteiger partial charge in [0, 0.05) is 6.42 Å². The zero-order valence-corrected chi connectivity index (χ0v) is 13.0. The highest BCUT2D eigenvalue weighted by atomic mass is 15.1. The van der Waals surface area contributed by atoms with Crippen LogP contribution < -0.4 is 4.57 Å². The van der Waals surface area contributed by atoms with Crippen molar-refractivity contribution < 1.29 is 4.57 Å². The van der Waals surface area contributed by atoms with Crippen LogP contribution in [0.5, 0.6) is 0 Å². The Morgan fingerprint density at radius 3 is 2.35 bits per heavy atom. The number of aryl methyl sites for hydroxylation is 2. The molecule has 0 unspecified atom stereocenters. The third-order valence-corrected chi connectivity index (χ3v) is 3.83. The van der Waals surface area contributed by atoms with Crippen LogP contribution in [0.2, 0.25) is 0 Å². The Bertz CT molecular complexity index is 376. The van der Waals surface area contributed by atoms with E-state index < -0.39 is 0 Å². The second kappa shape index (κ2) is 11.5. The summed E-state index contributed by atoms with van der Waals surface area (Å²) in [5, 5.41) is 8.63. The minimum atomic E-state index is 0.591. The van der Waals surface area contributed by atoms with E-state index in [2.05, 4.69) is 22.5 Å².